The number of aromatic nitrogens is 1. The molecule has 3 aromatic rings. The first kappa shape index (κ1) is 21.7. The smallest absolute Gasteiger partial charge is 0.251 e. The molecule has 0 fully saturated rings. The molecule has 6 nitrogen and oxygen atoms in total. The first-order chi connectivity index (χ1) is 15.2. The Morgan fingerprint density at radius 1 is 1.09 bits per heavy atom. The van der Waals surface area contributed by atoms with Crippen LogP contribution in [0.2, 0.25) is 0 Å². The molecule has 7 heteroatoms. The summed E-state index contributed by atoms with van der Waals surface area (Å²) < 4.78 is 18.7. The molecule has 1 N–H and O–H groups in total. The minimum absolute atomic E-state index is 0.00970. The van der Waals surface area contributed by atoms with Crippen LogP contribution in [-0.2, 0) is 23.2 Å². The number of rotatable bonds is 4. The predicted octanol–water partition coefficient (Wildman–Crippen LogP) is 4.09. The number of nitrogens with zero attached hydrogens (tertiary/aromatic N) is 2. The summed E-state index contributed by atoms with van der Waals surface area (Å²) in [6.45, 7) is 7.07. The highest BCUT2D eigenvalue weighted by Gasteiger charge is 2.27. The third-order valence-corrected chi connectivity index (χ3v) is 5.71. The SMILES string of the molecule is CC(C)(C)c1ccc(C(=O)NCC(=O)N2CCc3c(noc3-c3ccc(F)cc3)C2)cc1. The quantitative estimate of drug-likeness (QED) is 0.670. The van der Waals surface area contributed by atoms with Crippen molar-refractivity contribution in [3.05, 3.63) is 76.7 Å². The van der Waals surface area contributed by atoms with Crippen LogP contribution >= 0.6 is 0 Å². The summed E-state index contributed by atoms with van der Waals surface area (Å²) >= 11 is 0. The molecular formula is C25H26FN3O3. The van der Waals surface area contributed by atoms with Gasteiger partial charge in [0.15, 0.2) is 5.76 Å². The Morgan fingerprint density at radius 3 is 2.44 bits per heavy atom. The van der Waals surface area contributed by atoms with Gasteiger partial charge in [-0.2, -0.15) is 0 Å². The zero-order valence-electron chi connectivity index (χ0n) is 18.4. The van der Waals surface area contributed by atoms with Gasteiger partial charge in [0.05, 0.1) is 13.1 Å². The largest absolute Gasteiger partial charge is 0.356 e. The van der Waals surface area contributed by atoms with Gasteiger partial charge in [-0.05, 0) is 53.8 Å². The molecule has 0 bridgehead atoms. The lowest BCUT2D eigenvalue weighted by atomic mass is 9.87. The number of halogens is 1. The monoisotopic (exact) mass is 435 g/mol. The molecule has 166 valence electrons. The molecule has 1 aliphatic heterocycles. The first-order valence-corrected chi connectivity index (χ1v) is 10.6. The Kier molecular flexibility index (Phi) is 5.82. The summed E-state index contributed by atoms with van der Waals surface area (Å²) in [5, 5.41) is 6.81. The van der Waals surface area contributed by atoms with Crippen LogP contribution in [0, 0.1) is 5.82 Å². The van der Waals surface area contributed by atoms with E-state index in [1.165, 1.54) is 12.1 Å². The number of carbonyl (C=O) groups excluding carboxylic acids is 2. The van der Waals surface area contributed by atoms with Crippen molar-refractivity contribution in [3.8, 4) is 11.3 Å². The van der Waals surface area contributed by atoms with Gasteiger partial charge < -0.3 is 14.7 Å². The summed E-state index contributed by atoms with van der Waals surface area (Å²) in [5.41, 5.74) is 4.05. The van der Waals surface area contributed by atoms with E-state index in [-0.39, 0.29) is 29.6 Å². The van der Waals surface area contributed by atoms with Crippen LogP contribution in [0.4, 0.5) is 4.39 Å². The highest BCUT2D eigenvalue weighted by Crippen LogP contribution is 2.30. The van der Waals surface area contributed by atoms with Crippen molar-refractivity contribution in [1.29, 1.82) is 0 Å². The van der Waals surface area contributed by atoms with E-state index < -0.39 is 0 Å². The maximum atomic E-state index is 13.2. The molecule has 0 unspecified atom stereocenters. The van der Waals surface area contributed by atoms with Crippen LogP contribution in [0.5, 0.6) is 0 Å². The Hall–Kier alpha value is -3.48. The van der Waals surface area contributed by atoms with Crippen molar-refractivity contribution >= 4 is 11.8 Å². The van der Waals surface area contributed by atoms with E-state index in [0.717, 1.165) is 16.7 Å². The molecule has 4 rings (SSSR count). The highest BCUT2D eigenvalue weighted by atomic mass is 19.1. The number of benzene rings is 2. The number of fused-ring (bicyclic) bond motifs is 1. The van der Waals surface area contributed by atoms with Crippen molar-refractivity contribution in [2.75, 3.05) is 13.1 Å². The number of hydrogen-bond acceptors (Lipinski definition) is 4. The van der Waals surface area contributed by atoms with Gasteiger partial charge in [-0.3, -0.25) is 9.59 Å². The topological polar surface area (TPSA) is 75.4 Å². The van der Waals surface area contributed by atoms with Crippen molar-refractivity contribution in [2.24, 2.45) is 0 Å². The molecule has 2 aromatic carbocycles. The molecule has 0 radical (unpaired) electrons. The van der Waals surface area contributed by atoms with Crippen molar-refractivity contribution in [1.82, 2.24) is 15.4 Å². The van der Waals surface area contributed by atoms with Crippen LogP contribution in [0.15, 0.2) is 53.1 Å². The minimum atomic E-state index is -0.314. The second-order valence-corrected chi connectivity index (χ2v) is 9.02. The van der Waals surface area contributed by atoms with Gasteiger partial charge in [-0.15, -0.1) is 0 Å². The third-order valence-electron chi connectivity index (χ3n) is 5.71. The fourth-order valence-electron chi connectivity index (χ4n) is 3.76. The van der Waals surface area contributed by atoms with E-state index in [1.54, 1.807) is 29.2 Å². The maximum Gasteiger partial charge on any atom is 0.251 e. The summed E-state index contributed by atoms with van der Waals surface area (Å²) in [6, 6.07) is 13.5. The summed E-state index contributed by atoms with van der Waals surface area (Å²) in [4.78, 5) is 26.7. The minimum Gasteiger partial charge on any atom is -0.356 e. The van der Waals surface area contributed by atoms with E-state index in [4.69, 9.17) is 4.52 Å². The standard InChI is InChI=1S/C25H26FN3O3/c1-25(2,3)18-8-4-17(5-9-18)24(31)27-14-22(30)29-13-12-20-21(15-29)28-32-23(20)16-6-10-19(26)11-7-16/h4-11H,12-15H2,1-3H3,(H,27,31). The molecule has 1 aliphatic rings. The summed E-state index contributed by atoms with van der Waals surface area (Å²) in [5.74, 6) is -0.164. The Bertz CT molecular complexity index is 1130. The molecule has 0 aliphatic carbocycles. The van der Waals surface area contributed by atoms with Crippen LogP contribution < -0.4 is 5.32 Å². The van der Waals surface area contributed by atoms with E-state index in [9.17, 15) is 14.0 Å². The average molecular weight is 435 g/mol. The molecule has 1 aromatic heterocycles. The normalized spacial score (nSPS) is 13.6. The lowest BCUT2D eigenvalue weighted by molar-refractivity contribution is -0.131. The third kappa shape index (κ3) is 4.56. The first-order valence-electron chi connectivity index (χ1n) is 10.6. The van der Waals surface area contributed by atoms with E-state index in [0.29, 0.717) is 36.5 Å². The zero-order chi connectivity index (χ0) is 22.9. The Labute approximate surface area is 186 Å². The Balaban J connectivity index is 1.35. The number of amides is 2. The van der Waals surface area contributed by atoms with Crippen molar-refractivity contribution in [3.63, 3.8) is 0 Å². The van der Waals surface area contributed by atoms with E-state index >= 15 is 0 Å². The summed E-state index contributed by atoms with van der Waals surface area (Å²) in [7, 11) is 0. The fourth-order valence-corrected chi connectivity index (χ4v) is 3.76. The van der Waals surface area contributed by atoms with Crippen LogP contribution in [0.1, 0.15) is 48.0 Å². The highest BCUT2D eigenvalue weighted by molar-refractivity contribution is 5.96. The van der Waals surface area contributed by atoms with Gasteiger partial charge in [-0.25, -0.2) is 4.39 Å². The van der Waals surface area contributed by atoms with Gasteiger partial charge in [0, 0.05) is 23.2 Å². The molecule has 0 saturated heterocycles. The molecule has 32 heavy (non-hydrogen) atoms. The molecule has 0 saturated carbocycles. The van der Waals surface area contributed by atoms with Crippen LogP contribution in [-0.4, -0.2) is 35.0 Å². The fraction of sp³-hybridized carbons (Fsp3) is 0.320. The predicted molar refractivity (Wildman–Crippen MR) is 118 cm³/mol. The lowest BCUT2D eigenvalue weighted by Gasteiger charge is -2.26. The Morgan fingerprint density at radius 2 is 1.78 bits per heavy atom. The van der Waals surface area contributed by atoms with Gasteiger partial charge >= 0.3 is 0 Å². The van der Waals surface area contributed by atoms with Gasteiger partial charge in [0.25, 0.3) is 5.91 Å². The zero-order valence-corrected chi connectivity index (χ0v) is 18.4. The molecule has 0 spiro atoms. The summed E-state index contributed by atoms with van der Waals surface area (Å²) in [6.07, 6.45) is 0.583. The second-order valence-electron chi connectivity index (χ2n) is 9.02. The number of hydrogen-bond donors (Lipinski definition) is 1. The lowest BCUT2D eigenvalue weighted by Crippen LogP contribution is -2.42. The number of nitrogens with one attached hydrogen (secondary N) is 1. The average Bonchev–Trinajstić information content (AvgIpc) is 3.20. The molecule has 0 atom stereocenters. The van der Waals surface area contributed by atoms with Crippen molar-refractivity contribution in [2.45, 2.75) is 39.2 Å². The van der Waals surface area contributed by atoms with Gasteiger partial charge in [0.2, 0.25) is 5.91 Å². The van der Waals surface area contributed by atoms with E-state index in [2.05, 4.69) is 31.2 Å². The molecular weight excluding hydrogens is 409 g/mol. The van der Waals surface area contributed by atoms with Gasteiger partial charge in [-0.1, -0.05) is 38.1 Å². The van der Waals surface area contributed by atoms with Crippen LogP contribution in [0.3, 0.4) is 0 Å². The van der Waals surface area contributed by atoms with Crippen LogP contribution in [0.25, 0.3) is 11.3 Å². The maximum absolute atomic E-state index is 13.2. The number of carbonyl (C=O) groups is 2. The van der Waals surface area contributed by atoms with Crippen molar-refractivity contribution < 1.29 is 18.5 Å². The molecule has 2 heterocycles. The second kappa shape index (κ2) is 8.57. The van der Waals surface area contributed by atoms with Gasteiger partial charge in [0.1, 0.15) is 11.5 Å². The molecule has 2 amide bonds. The van der Waals surface area contributed by atoms with E-state index in [1.807, 2.05) is 12.1 Å².